The summed E-state index contributed by atoms with van der Waals surface area (Å²) in [7, 11) is 1.71. The van der Waals surface area contributed by atoms with E-state index >= 15 is 0 Å². The average molecular weight is 276 g/mol. The number of hydrogen-bond donors (Lipinski definition) is 1. The SMILES string of the molecule is CCNC(C)c1cnc(Cc2ccccc2OC)s1. The van der Waals surface area contributed by atoms with Gasteiger partial charge in [-0.2, -0.15) is 0 Å². The molecule has 0 aliphatic heterocycles. The second-order valence-corrected chi connectivity index (χ2v) is 5.57. The molecule has 0 saturated carbocycles. The summed E-state index contributed by atoms with van der Waals surface area (Å²) in [6.07, 6.45) is 2.80. The second-order valence-electron chi connectivity index (χ2n) is 4.42. The molecule has 1 aromatic heterocycles. The number of benzene rings is 1. The maximum absolute atomic E-state index is 5.37. The minimum absolute atomic E-state index is 0.369. The Morgan fingerprint density at radius 2 is 2.16 bits per heavy atom. The Kier molecular flexibility index (Phi) is 4.93. The highest BCUT2D eigenvalue weighted by atomic mass is 32.1. The van der Waals surface area contributed by atoms with Crippen molar-refractivity contribution in [2.24, 2.45) is 0 Å². The van der Waals surface area contributed by atoms with E-state index < -0.39 is 0 Å². The molecule has 2 aromatic rings. The van der Waals surface area contributed by atoms with Gasteiger partial charge >= 0.3 is 0 Å². The standard InChI is InChI=1S/C15H20N2OS/c1-4-16-11(2)14-10-17-15(19-14)9-12-7-5-6-8-13(12)18-3/h5-8,10-11,16H,4,9H2,1-3H3. The monoisotopic (exact) mass is 276 g/mol. The highest BCUT2D eigenvalue weighted by Gasteiger charge is 2.10. The van der Waals surface area contributed by atoms with Gasteiger partial charge in [-0.1, -0.05) is 25.1 Å². The van der Waals surface area contributed by atoms with E-state index in [0.29, 0.717) is 6.04 Å². The molecule has 0 fully saturated rings. The summed E-state index contributed by atoms with van der Waals surface area (Å²) in [5, 5.41) is 4.54. The predicted molar refractivity (Wildman–Crippen MR) is 80.0 cm³/mol. The van der Waals surface area contributed by atoms with Gasteiger partial charge in [-0.15, -0.1) is 11.3 Å². The van der Waals surface area contributed by atoms with E-state index in [0.717, 1.165) is 23.7 Å². The normalized spacial score (nSPS) is 12.4. The number of methoxy groups -OCH3 is 1. The Labute approximate surface area is 118 Å². The minimum Gasteiger partial charge on any atom is -0.496 e. The summed E-state index contributed by atoms with van der Waals surface area (Å²) in [5.74, 6) is 0.930. The summed E-state index contributed by atoms with van der Waals surface area (Å²) in [6, 6.07) is 8.48. The molecule has 0 bridgehead atoms. The van der Waals surface area contributed by atoms with E-state index in [2.05, 4.69) is 30.2 Å². The van der Waals surface area contributed by atoms with Crippen molar-refractivity contribution in [3.63, 3.8) is 0 Å². The number of thiazole rings is 1. The van der Waals surface area contributed by atoms with Gasteiger partial charge in [0.05, 0.1) is 12.1 Å². The van der Waals surface area contributed by atoms with Crippen LogP contribution in [0.2, 0.25) is 0 Å². The van der Waals surface area contributed by atoms with Crippen LogP contribution in [0.4, 0.5) is 0 Å². The van der Waals surface area contributed by atoms with E-state index in [1.807, 2.05) is 24.4 Å². The molecule has 3 nitrogen and oxygen atoms in total. The van der Waals surface area contributed by atoms with Crippen molar-refractivity contribution in [1.82, 2.24) is 10.3 Å². The van der Waals surface area contributed by atoms with Crippen LogP contribution in [0.5, 0.6) is 5.75 Å². The van der Waals surface area contributed by atoms with Crippen LogP contribution in [-0.2, 0) is 6.42 Å². The van der Waals surface area contributed by atoms with E-state index in [4.69, 9.17) is 4.74 Å². The summed E-state index contributed by atoms with van der Waals surface area (Å²) >= 11 is 1.77. The number of para-hydroxylation sites is 1. The molecule has 0 aliphatic carbocycles. The van der Waals surface area contributed by atoms with Crippen molar-refractivity contribution in [3.05, 3.63) is 45.9 Å². The van der Waals surface area contributed by atoms with Gasteiger partial charge in [0.15, 0.2) is 0 Å². The molecule has 2 rings (SSSR count). The van der Waals surface area contributed by atoms with Crippen molar-refractivity contribution < 1.29 is 4.74 Å². The molecule has 0 radical (unpaired) electrons. The quantitative estimate of drug-likeness (QED) is 0.878. The largest absolute Gasteiger partial charge is 0.496 e. The Hall–Kier alpha value is -1.39. The number of nitrogens with zero attached hydrogens (tertiary/aromatic N) is 1. The first-order valence-electron chi connectivity index (χ1n) is 6.54. The fraction of sp³-hybridized carbons (Fsp3) is 0.400. The summed E-state index contributed by atoms with van der Waals surface area (Å²) in [5.41, 5.74) is 1.18. The fourth-order valence-electron chi connectivity index (χ4n) is 2.02. The van der Waals surface area contributed by atoms with Gasteiger partial charge < -0.3 is 10.1 Å². The van der Waals surface area contributed by atoms with Crippen molar-refractivity contribution in [2.75, 3.05) is 13.7 Å². The molecule has 0 saturated heterocycles. The van der Waals surface area contributed by atoms with Crippen LogP contribution in [0.1, 0.15) is 35.3 Å². The molecule has 4 heteroatoms. The lowest BCUT2D eigenvalue weighted by Gasteiger charge is -2.08. The molecule has 102 valence electrons. The molecule has 1 atom stereocenters. The molecular weight excluding hydrogens is 256 g/mol. The maximum Gasteiger partial charge on any atom is 0.122 e. The first kappa shape index (κ1) is 14.0. The van der Waals surface area contributed by atoms with Crippen LogP contribution >= 0.6 is 11.3 Å². The fourth-order valence-corrected chi connectivity index (χ4v) is 3.00. The number of aromatic nitrogens is 1. The van der Waals surface area contributed by atoms with Gasteiger partial charge in [0, 0.05) is 29.1 Å². The Bertz CT molecular complexity index is 524. The average Bonchev–Trinajstić information content (AvgIpc) is 2.88. The Morgan fingerprint density at radius 3 is 2.89 bits per heavy atom. The van der Waals surface area contributed by atoms with Gasteiger partial charge in [-0.05, 0) is 19.5 Å². The van der Waals surface area contributed by atoms with E-state index in [1.165, 1.54) is 10.4 Å². The third kappa shape index (κ3) is 3.55. The molecular formula is C15H20N2OS. The third-order valence-electron chi connectivity index (χ3n) is 3.04. The highest BCUT2D eigenvalue weighted by molar-refractivity contribution is 7.11. The van der Waals surface area contributed by atoms with Gasteiger partial charge in [-0.3, -0.25) is 0 Å². The summed E-state index contributed by atoms with van der Waals surface area (Å²) in [4.78, 5) is 5.80. The Balaban J connectivity index is 2.11. The maximum atomic E-state index is 5.37. The molecule has 1 aromatic carbocycles. The zero-order valence-corrected chi connectivity index (χ0v) is 12.5. The smallest absolute Gasteiger partial charge is 0.122 e. The molecule has 0 amide bonds. The summed E-state index contributed by atoms with van der Waals surface area (Å²) in [6.45, 7) is 5.26. The number of rotatable bonds is 6. The molecule has 1 heterocycles. The van der Waals surface area contributed by atoms with Gasteiger partial charge in [0.2, 0.25) is 0 Å². The lowest BCUT2D eigenvalue weighted by molar-refractivity contribution is 0.410. The zero-order valence-electron chi connectivity index (χ0n) is 11.6. The van der Waals surface area contributed by atoms with Crippen molar-refractivity contribution in [2.45, 2.75) is 26.3 Å². The topological polar surface area (TPSA) is 34.2 Å². The lowest BCUT2D eigenvalue weighted by atomic mass is 10.1. The lowest BCUT2D eigenvalue weighted by Crippen LogP contribution is -2.16. The van der Waals surface area contributed by atoms with Crippen molar-refractivity contribution >= 4 is 11.3 Å². The molecule has 1 N–H and O–H groups in total. The molecule has 0 aliphatic rings. The van der Waals surface area contributed by atoms with Crippen LogP contribution in [0.25, 0.3) is 0 Å². The van der Waals surface area contributed by atoms with Crippen molar-refractivity contribution in [3.8, 4) is 5.75 Å². The van der Waals surface area contributed by atoms with Gasteiger partial charge in [-0.25, -0.2) is 4.98 Å². The number of nitrogens with one attached hydrogen (secondary N) is 1. The molecule has 1 unspecified atom stereocenters. The van der Waals surface area contributed by atoms with Crippen molar-refractivity contribution in [1.29, 1.82) is 0 Å². The Morgan fingerprint density at radius 1 is 1.37 bits per heavy atom. The predicted octanol–water partition coefficient (Wildman–Crippen LogP) is 3.41. The number of ether oxygens (including phenoxy) is 1. The van der Waals surface area contributed by atoms with Gasteiger partial charge in [0.25, 0.3) is 0 Å². The third-order valence-corrected chi connectivity index (χ3v) is 4.22. The van der Waals surface area contributed by atoms with Gasteiger partial charge in [0.1, 0.15) is 5.75 Å². The van der Waals surface area contributed by atoms with E-state index in [9.17, 15) is 0 Å². The number of hydrogen-bond acceptors (Lipinski definition) is 4. The van der Waals surface area contributed by atoms with E-state index in [1.54, 1.807) is 18.4 Å². The minimum atomic E-state index is 0.369. The molecule has 0 spiro atoms. The van der Waals surface area contributed by atoms with Crippen LogP contribution in [-0.4, -0.2) is 18.6 Å². The second kappa shape index (κ2) is 6.68. The van der Waals surface area contributed by atoms with E-state index in [-0.39, 0.29) is 0 Å². The van der Waals surface area contributed by atoms with Crippen LogP contribution in [0.3, 0.4) is 0 Å². The first-order valence-corrected chi connectivity index (χ1v) is 7.36. The van der Waals surface area contributed by atoms with Crippen LogP contribution in [0.15, 0.2) is 30.5 Å². The zero-order chi connectivity index (χ0) is 13.7. The first-order chi connectivity index (χ1) is 9.24. The van der Waals surface area contributed by atoms with Crippen LogP contribution in [0, 0.1) is 0 Å². The van der Waals surface area contributed by atoms with Crippen LogP contribution < -0.4 is 10.1 Å². The molecule has 19 heavy (non-hydrogen) atoms. The highest BCUT2D eigenvalue weighted by Crippen LogP contribution is 2.25. The summed E-state index contributed by atoms with van der Waals surface area (Å²) < 4.78 is 5.37.